The van der Waals surface area contributed by atoms with E-state index in [4.69, 9.17) is 9.78 Å². The summed E-state index contributed by atoms with van der Waals surface area (Å²) in [5.74, 6) is 1.11. The van der Waals surface area contributed by atoms with Gasteiger partial charge in [0, 0.05) is 0 Å². The predicted molar refractivity (Wildman–Crippen MR) is 87.8 cm³/mol. The van der Waals surface area contributed by atoms with Crippen LogP contribution < -0.4 is 0 Å². The van der Waals surface area contributed by atoms with Gasteiger partial charge in [-0.25, -0.2) is 9.78 Å². The second-order valence-corrected chi connectivity index (χ2v) is 6.00. The molecule has 0 unspecified atom stereocenters. The van der Waals surface area contributed by atoms with Crippen LogP contribution >= 0.6 is 0 Å². The topological polar surface area (TPSA) is 18.5 Å². The molecule has 0 saturated heterocycles. The van der Waals surface area contributed by atoms with Crippen LogP contribution in [0.15, 0.2) is 0 Å². The molecule has 1 fully saturated rings. The Bertz CT molecular complexity index is 157. The smallest absolute Gasteiger partial charge is 0.0822 e. The lowest BCUT2D eigenvalue weighted by molar-refractivity contribution is -0.295. The van der Waals surface area contributed by atoms with Gasteiger partial charge in [-0.05, 0) is 18.8 Å². The van der Waals surface area contributed by atoms with E-state index in [1.54, 1.807) is 0 Å². The van der Waals surface area contributed by atoms with E-state index in [9.17, 15) is 0 Å². The van der Waals surface area contributed by atoms with Crippen molar-refractivity contribution in [3.8, 4) is 0 Å². The SMILES string of the molecule is CCCCC1CCCCC1.CCCCOOCCCC. The Morgan fingerprint density at radius 2 is 1.20 bits per heavy atom. The molecule has 0 aromatic heterocycles. The molecule has 122 valence electrons. The molecule has 0 spiro atoms. The van der Waals surface area contributed by atoms with Gasteiger partial charge in [0.1, 0.15) is 0 Å². The van der Waals surface area contributed by atoms with Crippen LogP contribution in [0.2, 0.25) is 0 Å². The van der Waals surface area contributed by atoms with Gasteiger partial charge in [0.25, 0.3) is 0 Å². The average molecular weight is 286 g/mol. The molecule has 0 bridgehead atoms. The minimum absolute atomic E-state index is 0.736. The van der Waals surface area contributed by atoms with E-state index in [0.717, 1.165) is 44.8 Å². The summed E-state index contributed by atoms with van der Waals surface area (Å²) in [4.78, 5) is 9.75. The van der Waals surface area contributed by atoms with Gasteiger partial charge in [0.15, 0.2) is 0 Å². The standard InChI is InChI=1S/C10H20.C8H18O2/c1-2-3-7-10-8-5-4-6-9-10;1-3-5-7-9-10-8-6-4-2/h10H,2-9H2,1H3;3-8H2,1-2H3. The fourth-order valence-electron chi connectivity index (χ4n) is 2.49. The fourth-order valence-corrected chi connectivity index (χ4v) is 2.49. The van der Waals surface area contributed by atoms with Gasteiger partial charge >= 0.3 is 0 Å². The minimum atomic E-state index is 0.736. The molecule has 0 heterocycles. The van der Waals surface area contributed by atoms with Gasteiger partial charge in [0.05, 0.1) is 13.2 Å². The van der Waals surface area contributed by atoms with Crippen LogP contribution in [0.25, 0.3) is 0 Å². The zero-order valence-corrected chi connectivity index (χ0v) is 14.3. The van der Waals surface area contributed by atoms with E-state index in [2.05, 4.69) is 20.8 Å². The van der Waals surface area contributed by atoms with Crippen molar-refractivity contribution >= 4 is 0 Å². The molecule has 1 aliphatic rings. The molecule has 2 heteroatoms. The molecule has 0 aromatic carbocycles. The Kier molecular flexibility index (Phi) is 16.9. The van der Waals surface area contributed by atoms with Crippen LogP contribution in [0.3, 0.4) is 0 Å². The maximum atomic E-state index is 4.88. The van der Waals surface area contributed by atoms with Gasteiger partial charge in [-0.3, -0.25) is 0 Å². The van der Waals surface area contributed by atoms with Gasteiger partial charge < -0.3 is 0 Å². The lowest BCUT2D eigenvalue weighted by Crippen LogP contribution is -2.05. The van der Waals surface area contributed by atoms with Crippen molar-refractivity contribution < 1.29 is 9.78 Å². The molecule has 0 aliphatic heterocycles. The lowest BCUT2D eigenvalue weighted by Gasteiger charge is -2.20. The second-order valence-electron chi connectivity index (χ2n) is 6.00. The molecule has 1 rings (SSSR count). The fraction of sp³-hybridized carbons (Fsp3) is 1.00. The third kappa shape index (κ3) is 14.3. The van der Waals surface area contributed by atoms with Crippen LogP contribution in [0, 0.1) is 5.92 Å². The van der Waals surface area contributed by atoms with Crippen molar-refractivity contribution in [3.63, 3.8) is 0 Å². The van der Waals surface area contributed by atoms with Gasteiger partial charge in [0.2, 0.25) is 0 Å². The van der Waals surface area contributed by atoms with Crippen LogP contribution in [-0.4, -0.2) is 13.2 Å². The third-order valence-electron chi connectivity index (χ3n) is 3.94. The summed E-state index contributed by atoms with van der Waals surface area (Å²) in [5.41, 5.74) is 0. The first-order valence-corrected chi connectivity index (χ1v) is 9.09. The van der Waals surface area contributed by atoms with Crippen molar-refractivity contribution in [1.82, 2.24) is 0 Å². The van der Waals surface area contributed by atoms with Crippen molar-refractivity contribution in [2.24, 2.45) is 5.92 Å². The lowest BCUT2D eigenvalue weighted by atomic mass is 9.86. The average Bonchev–Trinajstić information content (AvgIpc) is 2.50. The van der Waals surface area contributed by atoms with Crippen molar-refractivity contribution in [2.45, 2.75) is 97.8 Å². The van der Waals surface area contributed by atoms with E-state index in [1.165, 1.54) is 51.4 Å². The molecule has 1 saturated carbocycles. The Hall–Kier alpha value is -0.0800. The highest BCUT2D eigenvalue weighted by Crippen LogP contribution is 2.27. The van der Waals surface area contributed by atoms with Crippen LogP contribution in [0.4, 0.5) is 0 Å². The largest absolute Gasteiger partial charge is 0.237 e. The highest BCUT2D eigenvalue weighted by atomic mass is 17.2. The molecule has 0 amide bonds. The highest BCUT2D eigenvalue weighted by molar-refractivity contribution is 4.65. The summed E-state index contributed by atoms with van der Waals surface area (Å²) in [5, 5.41) is 0. The van der Waals surface area contributed by atoms with Gasteiger partial charge in [-0.15, -0.1) is 0 Å². The Morgan fingerprint density at radius 3 is 1.65 bits per heavy atom. The van der Waals surface area contributed by atoms with Gasteiger partial charge in [-0.2, -0.15) is 0 Å². The summed E-state index contributed by atoms with van der Waals surface area (Å²) < 4.78 is 0. The van der Waals surface area contributed by atoms with Crippen molar-refractivity contribution in [1.29, 1.82) is 0 Å². The first-order valence-electron chi connectivity index (χ1n) is 9.09. The normalized spacial score (nSPS) is 15.8. The molecule has 1 aliphatic carbocycles. The first kappa shape index (κ1) is 19.9. The monoisotopic (exact) mass is 286 g/mol. The maximum absolute atomic E-state index is 4.88. The second kappa shape index (κ2) is 17.0. The molecule has 0 aromatic rings. The quantitative estimate of drug-likeness (QED) is 0.267. The summed E-state index contributed by atoms with van der Waals surface area (Å²) in [6.07, 6.45) is 16.4. The number of rotatable bonds is 10. The first-order chi connectivity index (χ1) is 9.85. The van der Waals surface area contributed by atoms with Crippen LogP contribution in [-0.2, 0) is 9.78 Å². The summed E-state index contributed by atoms with van der Waals surface area (Å²) >= 11 is 0. The third-order valence-corrected chi connectivity index (χ3v) is 3.94. The number of hydrogen-bond acceptors (Lipinski definition) is 2. The van der Waals surface area contributed by atoms with Crippen LogP contribution in [0.5, 0.6) is 0 Å². The van der Waals surface area contributed by atoms with Crippen molar-refractivity contribution in [2.75, 3.05) is 13.2 Å². The maximum Gasteiger partial charge on any atom is 0.0822 e. The predicted octanol–water partition coefficient (Wildman–Crippen LogP) is 6.29. The summed E-state index contributed by atoms with van der Waals surface area (Å²) in [6, 6.07) is 0. The number of hydrogen-bond donors (Lipinski definition) is 0. The molecule has 0 radical (unpaired) electrons. The molecule has 0 N–H and O–H groups in total. The van der Waals surface area contributed by atoms with E-state index in [-0.39, 0.29) is 0 Å². The molecular formula is C18H38O2. The molecule has 2 nitrogen and oxygen atoms in total. The molecular weight excluding hydrogens is 248 g/mol. The van der Waals surface area contributed by atoms with Crippen molar-refractivity contribution in [3.05, 3.63) is 0 Å². The Morgan fingerprint density at radius 1 is 0.700 bits per heavy atom. The van der Waals surface area contributed by atoms with Gasteiger partial charge in [-0.1, -0.05) is 85.0 Å². The molecule has 20 heavy (non-hydrogen) atoms. The molecule has 0 atom stereocenters. The van der Waals surface area contributed by atoms with E-state index in [0.29, 0.717) is 0 Å². The Labute approximate surface area is 127 Å². The van der Waals surface area contributed by atoms with Crippen LogP contribution in [0.1, 0.15) is 97.8 Å². The van der Waals surface area contributed by atoms with E-state index < -0.39 is 0 Å². The Balaban J connectivity index is 0.000000361. The van der Waals surface area contributed by atoms with E-state index >= 15 is 0 Å². The minimum Gasteiger partial charge on any atom is -0.237 e. The highest BCUT2D eigenvalue weighted by Gasteiger charge is 2.11. The van der Waals surface area contributed by atoms with E-state index in [1.807, 2.05) is 0 Å². The summed E-state index contributed by atoms with van der Waals surface area (Å²) in [7, 11) is 0. The summed E-state index contributed by atoms with van der Waals surface area (Å²) in [6.45, 7) is 8.04. The zero-order chi connectivity index (χ0) is 14.9. The number of unbranched alkanes of at least 4 members (excludes halogenated alkanes) is 3. The zero-order valence-electron chi connectivity index (χ0n) is 14.3.